The molecule has 26 heavy (non-hydrogen) atoms. The van der Waals surface area contributed by atoms with Crippen molar-refractivity contribution in [3.8, 4) is 0 Å². The fourth-order valence-corrected chi connectivity index (χ4v) is 3.58. The quantitative estimate of drug-likeness (QED) is 0.809. The summed E-state index contributed by atoms with van der Waals surface area (Å²) < 4.78 is 0. The van der Waals surface area contributed by atoms with Gasteiger partial charge >= 0.3 is 6.03 Å². The Kier molecular flexibility index (Phi) is 5.04. The molecule has 1 aromatic heterocycles. The van der Waals surface area contributed by atoms with Gasteiger partial charge in [0.2, 0.25) is 0 Å². The number of nitrogens with zero attached hydrogens (tertiary/aromatic N) is 3. The zero-order chi connectivity index (χ0) is 18.7. The van der Waals surface area contributed by atoms with Gasteiger partial charge in [-0.05, 0) is 43.3 Å². The van der Waals surface area contributed by atoms with E-state index in [1.807, 2.05) is 51.4 Å². The number of rotatable bonds is 6. The van der Waals surface area contributed by atoms with Crippen LogP contribution < -0.4 is 5.32 Å². The molecule has 136 valence electrons. The van der Waals surface area contributed by atoms with Gasteiger partial charge in [0, 0.05) is 25.5 Å². The molecule has 0 spiro atoms. The van der Waals surface area contributed by atoms with Crippen molar-refractivity contribution >= 4 is 11.9 Å². The lowest BCUT2D eigenvalue weighted by atomic mass is 9.83. The third-order valence-corrected chi connectivity index (χ3v) is 4.60. The van der Waals surface area contributed by atoms with Crippen LogP contribution in [-0.4, -0.2) is 53.9 Å². The van der Waals surface area contributed by atoms with E-state index < -0.39 is 5.54 Å². The number of carbonyl (C=O) groups is 2. The number of hydrogen-bond acceptors (Lipinski definition) is 4. The van der Waals surface area contributed by atoms with E-state index in [1.165, 1.54) is 4.90 Å². The van der Waals surface area contributed by atoms with Crippen molar-refractivity contribution in [2.24, 2.45) is 5.92 Å². The van der Waals surface area contributed by atoms with Crippen molar-refractivity contribution < 1.29 is 9.59 Å². The molecule has 1 aliphatic rings. The van der Waals surface area contributed by atoms with Crippen LogP contribution in [0.25, 0.3) is 0 Å². The van der Waals surface area contributed by atoms with E-state index in [0.717, 1.165) is 12.1 Å². The summed E-state index contributed by atoms with van der Waals surface area (Å²) in [6, 6.07) is 12.6. The second-order valence-corrected chi connectivity index (χ2v) is 7.07. The van der Waals surface area contributed by atoms with Gasteiger partial charge in [-0.1, -0.05) is 37.3 Å². The molecule has 6 heteroatoms. The number of pyridine rings is 1. The Hall–Kier alpha value is -2.73. The van der Waals surface area contributed by atoms with E-state index in [2.05, 4.69) is 15.2 Å². The lowest BCUT2D eigenvalue weighted by Crippen LogP contribution is -2.45. The van der Waals surface area contributed by atoms with Crippen LogP contribution in [0.2, 0.25) is 0 Å². The van der Waals surface area contributed by atoms with Gasteiger partial charge in [0.05, 0.1) is 0 Å². The van der Waals surface area contributed by atoms with Crippen LogP contribution in [-0.2, 0) is 10.3 Å². The molecule has 2 unspecified atom stereocenters. The highest BCUT2D eigenvalue weighted by Gasteiger charge is 2.53. The second kappa shape index (κ2) is 7.25. The summed E-state index contributed by atoms with van der Waals surface area (Å²) in [5.74, 6) is -0.0748. The Bertz CT molecular complexity index is 737. The first-order chi connectivity index (χ1) is 12.4. The number of hydrogen-bond donors (Lipinski definition) is 1. The van der Waals surface area contributed by atoms with E-state index in [0.29, 0.717) is 12.1 Å². The highest BCUT2D eigenvalue weighted by molar-refractivity contribution is 6.09. The Morgan fingerprint density at radius 1 is 1.08 bits per heavy atom. The van der Waals surface area contributed by atoms with Gasteiger partial charge in [0.1, 0.15) is 0 Å². The van der Waals surface area contributed by atoms with Gasteiger partial charge in [0.25, 0.3) is 5.91 Å². The number of aromatic nitrogens is 1. The van der Waals surface area contributed by atoms with E-state index in [9.17, 15) is 9.59 Å². The average molecular weight is 352 g/mol. The largest absolute Gasteiger partial charge is 0.325 e. The highest BCUT2D eigenvalue weighted by atomic mass is 16.2. The fraction of sp³-hybridized carbons (Fsp3) is 0.350. The van der Waals surface area contributed by atoms with Crippen molar-refractivity contribution in [2.45, 2.75) is 12.5 Å². The standard InChI is InChI=1S/C20H24N4O2/c1-15(13-23(2)3)14-24-18(25)20(22-19(24)26,16-7-5-4-6-8-16)17-9-11-21-12-10-17/h4-12,15H,13-14H2,1-3H3,(H,22,26). The fourth-order valence-electron chi connectivity index (χ4n) is 3.58. The predicted octanol–water partition coefficient (Wildman–Crippen LogP) is 2.07. The summed E-state index contributed by atoms with van der Waals surface area (Å²) >= 11 is 0. The maximum absolute atomic E-state index is 13.5. The SMILES string of the molecule is CC(CN(C)C)CN1C(=O)NC(c2ccccc2)(c2ccncc2)C1=O. The van der Waals surface area contributed by atoms with Crippen LogP contribution in [0.3, 0.4) is 0 Å². The van der Waals surface area contributed by atoms with E-state index in [-0.39, 0.29) is 17.9 Å². The third kappa shape index (κ3) is 3.20. The molecule has 1 saturated heterocycles. The topological polar surface area (TPSA) is 65.5 Å². The summed E-state index contributed by atoms with van der Waals surface area (Å²) in [5, 5.41) is 2.95. The van der Waals surface area contributed by atoms with Gasteiger partial charge in [-0.3, -0.25) is 14.7 Å². The molecule has 0 bridgehead atoms. The lowest BCUT2D eigenvalue weighted by molar-refractivity contribution is -0.130. The van der Waals surface area contributed by atoms with Crippen LogP contribution >= 0.6 is 0 Å². The van der Waals surface area contributed by atoms with Crippen molar-refractivity contribution in [1.29, 1.82) is 0 Å². The number of amides is 3. The molecule has 1 aromatic carbocycles. The minimum absolute atomic E-state index is 0.170. The number of urea groups is 1. The normalized spacial score (nSPS) is 21.2. The molecule has 6 nitrogen and oxygen atoms in total. The zero-order valence-corrected chi connectivity index (χ0v) is 15.3. The van der Waals surface area contributed by atoms with Crippen molar-refractivity contribution in [2.75, 3.05) is 27.2 Å². The number of benzene rings is 1. The maximum atomic E-state index is 13.5. The molecule has 2 heterocycles. The van der Waals surface area contributed by atoms with Crippen molar-refractivity contribution in [3.05, 3.63) is 66.0 Å². The molecule has 1 aliphatic heterocycles. The number of carbonyl (C=O) groups excluding carboxylic acids is 2. The third-order valence-electron chi connectivity index (χ3n) is 4.60. The van der Waals surface area contributed by atoms with E-state index in [4.69, 9.17) is 0 Å². The molecule has 3 rings (SSSR count). The van der Waals surface area contributed by atoms with Crippen LogP contribution in [0.15, 0.2) is 54.9 Å². The average Bonchev–Trinajstić information content (AvgIpc) is 2.88. The lowest BCUT2D eigenvalue weighted by Gasteiger charge is -2.28. The van der Waals surface area contributed by atoms with Crippen molar-refractivity contribution in [1.82, 2.24) is 20.1 Å². The Balaban J connectivity index is 2.01. The summed E-state index contributed by atoms with van der Waals surface area (Å²) in [7, 11) is 3.96. The van der Waals surface area contributed by atoms with Crippen LogP contribution in [0, 0.1) is 5.92 Å². The second-order valence-electron chi connectivity index (χ2n) is 7.07. The first-order valence-electron chi connectivity index (χ1n) is 8.70. The molecular weight excluding hydrogens is 328 g/mol. The monoisotopic (exact) mass is 352 g/mol. The molecule has 2 aromatic rings. The van der Waals surface area contributed by atoms with Gasteiger partial charge in [-0.2, -0.15) is 0 Å². The minimum Gasteiger partial charge on any atom is -0.315 e. The highest BCUT2D eigenvalue weighted by Crippen LogP contribution is 2.36. The van der Waals surface area contributed by atoms with Crippen LogP contribution in [0.4, 0.5) is 4.79 Å². The molecule has 0 aliphatic carbocycles. The van der Waals surface area contributed by atoms with E-state index in [1.54, 1.807) is 24.5 Å². The molecule has 1 fully saturated rings. The molecule has 0 saturated carbocycles. The van der Waals surface area contributed by atoms with Gasteiger partial charge in [-0.25, -0.2) is 4.79 Å². The predicted molar refractivity (Wildman–Crippen MR) is 99.4 cm³/mol. The Morgan fingerprint density at radius 3 is 2.31 bits per heavy atom. The van der Waals surface area contributed by atoms with Crippen molar-refractivity contribution in [3.63, 3.8) is 0 Å². The van der Waals surface area contributed by atoms with Gasteiger partial charge in [0.15, 0.2) is 5.54 Å². The molecular formula is C20H24N4O2. The van der Waals surface area contributed by atoms with Gasteiger partial charge in [-0.15, -0.1) is 0 Å². The Labute approximate surface area is 153 Å². The number of nitrogens with one attached hydrogen (secondary N) is 1. The maximum Gasteiger partial charge on any atom is 0.325 e. The van der Waals surface area contributed by atoms with Gasteiger partial charge < -0.3 is 10.2 Å². The summed E-state index contributed by atoms with van der Waals surface area (Å²) in [4.78, 5) is 33.6. The summed E-state index contributed by atoms with van der Waals surface area (Å²) in [6.45, 7) is 3.21. The molecule has 1 N–H and O–H groups in total. The van der Waals surface area contributed by atoms with Crippen LogP contribution in [0.5, 0.6) is 0 Å². The first kappa shape index (κ1) is 18.1. The Morgan fingerprint density at radius 2 is 1.69 bits per heavy atom. The summed E-state index contributed by atoms with van der Waals surface area (Å²) in [6.07, 6.45) is 3.27. The minimum atomic E-state index is -1.21. The summed E-state index contributed by atoms with van der Waals surface area (Å²) in [5.41, 5.74) is 0.242. The molecule has 2 atom stereocenters. The smallest absolute Gasteiger partial charge is 0.315 e. The zero-order valence-electron chi connectivity index (χ0n) is 15.3. The molecule has 3 amide bonds. The number of imide groups is 1. The molecule has 0 radical (unpaired) electrons. The van der Waals surface area contributed by atoms with E-state index >= 15 is 0 Å². The first-order valence-corrected chi connectivity index (χ1v) is 8.70. The van der Waals surface area contributed by atoms with Crippen LogP contribution in [0.1, 0.15) is 18.1 Å².